The van der Waals surface area contributed by atoms with Crippen LogP contribution in [-0.2, 0) is 0 Å². The molecule has 1 aromatic rings. The van der Waals surface area contributed by atoms with Crippen molar-refractivity contribution in [1.29, 1.82) is 0 Å². The van der Waals surface area contributed by atoms with E-state index in [-0.39, 0.29) is 0 Å². The lowest BCUT2D eigenvalue weighted by Gasteiger charge is -2.15. The minimum atomic E-state index is -0.874. The van der Waals surface area contributed by atoms with Crippen molar-refractivity contribution in [3.8, 4) is 0 Å². The standard InChI is InChI=1S/C9H13BrN2O2/c10-5-8(13)9(14)6-1-3-7(12-11)4-2-6/h1-4,8-9,12-14H,5,11H2. The predicted molar refractivity (Wildman–Crippen MR) is 59.0 cm³/mol. The maximum Gasteiger partial charge on any atom is 0.106 e. The molecular formula is C9H13BrN2O2. The highest BCUT2D eigenvalue weighted by molar-refractivity contribution is 9.09. The molecule has 78 valence electrons. The Morgan fingerprint density at radius 2 is 1.86 bits per heavy atom. The number of hydrogen-bond donors (Lipinski definition) is 4. The molecule has 1 rings (SSSR count). The van der Waals surface area contributed by atoms with Crippen molar-refractivity contribution in [2.75, 3.05) is 10.8 Å². The summed E-state index contributed by atoms with van der Waals surface area (Å²) < 4.78 is 0. The minimum absolute atomic E-state index is 0.338. The lowest BCUT2D eigenvalue weighted by Crippen LogP contribution is -2.19. The van der Waals surface area contributed by atoms with Crippen molar-refractivity contribution in [3.63, 3.8) is 0 Å². The molecule has 5 heteroatoms. The summed E-state index contributed by atoms with van der Waals surface area (Å²) in [5.74, 6) is 5.19. The largest absolute Gasteiger partial charge is 0.389 e. The summed E-state index contributed by atoms with van der Waals surface area (Å²) in [5, 5.41) is 19.3. The highest BCUT2D eigenvalue weighted by atomic mass is 79.9. The van der Waals surface area contributed by atoms with E-state index < -0.39 is 12.2 Å². The van der Waals surface area contributed by atoms with Crippen LogP contribution in [-0.4, -0.2) is 21.6 Å². The summed E-state index contributed by atoms with van der Waals surface area (Å²) in [6.45, 7) is 0. The topological polar surface area (TPSA) is 78.5 Å². The van der Waals surface area contributed by atoms with Crippen LogP contribution in [0.2, 0.25) is 0 Å². The zero-order chi connectivity index (χ0) is 10.6. The molecule has 0 heterocycles. The van der Waals surface area contributed by atoms with Gasteiger partial charge in [0.15, 0.2) is 0 Å². The van der Waals surface area contributed by atoms with E-state index in [9.17, 15) is 10.2 Å². The molecule has 0 aromatic heterocycles. The molecule has 5 N–H and O–H groups in total. The zero-order valence-corrected chi connectivity index (χ0v) is 9.11. The van der Waals surface area contributed by atoms with Gasteiger partial charge in [-0.25, -0.2) is 0 Å². The molecule has 0 radical (unpaired) electrons. The summed E-state index contributed by atoms with van der Waals surface area (Å²) in [4.78, 5) is 0. The van der Waals surface area contributed by atoms with Gasteiger partial charge in [-0.2, -0.15) is 0 Å². The number of hydrogen-bond acceptors (Lipinski definition) is 4. The fraction of sp³-hybridized carbons (Fsp3) is 0.333. The summed E-state index contributed by atoms with van der Waals surface area (Å²) in [5.41, 5.74) is 3.90. The number of nitrogen functional groups attached to an aromatic ring is 1. The minimum Gasteiger partial charge on any atom is -0.389 e. The molecule has 14 heavy (non-hydrogen) atoms. The Kier molecular flexibility index (Phi) is 4.34. The molecule has 2 atom stereocenters. The van der Waals surface area contributed by atoms with Crippen LogP contribution >= 0.6 is 15.9 Å². The Balaban J connectivity index is 2.75. The number of rotatable bonds is 4. The number of nitrogens with one attached hydrogen (secondary N) is 1. The molecule has 4 nitrogen and oxygen atoms in total. The van der Waals surface area contributed by atoms with E-state index in [1.165, 1.54) is 0 Å². The molecule has 0 amide bonds. The van der Waals surface area contributed by atoms with Crippen molar-refractivity contribution < 1.29 is 10.2 Å². The van der Waals surface area contributed by atoms with Crippen molar-refractivity contribution >= 4 is 21.6 Å². The Morgan fingerprint density at radius 3 is 2.29 bits per heavy atom. The number of halogens is 1. The molecular weight excluding hydrogens is 248 g/mol. The van der Waals surface area contributed by atoms with Crippen molar-refractivity contribution in [2.45, 2.75) is 12.2 Å². The molecule has 2 unspecified atom stereocenters. The Bertz CT molecular complexity index is 279. The number of alkyl halides is 1. The number of benzene rings is 1. The monoisotopic (exact) mass is 260 g/mol. The Hall–Kier alpha value is -0.620. The third-order valence-electron chi connectivity index (χ3n) is 1.94. The maximum atomic E-state index is 9.62. The van der Waals surface area contributed by atoms with Crippen LogP contribution in [0.4, 0.5) is 5.69 Å². The van der Waals surface area contributed by atoms with Gasteiger partial charge in [0.2, 0.25) is 0 Å². The van der Waals surface area contributed by atoms with Crippen molar-refractivity contribution in [3.05, 3.63) is 29.8 Å². The molecule has 0 bridgehead atoms. The van der Waals surface area contributed by atoms with E-state index >= 15 is 0 Å². The second-order valence-electron chi connectivity index (χ2n) is 2.93. The molecule has 1 aromatic carbocycles. The average Bonchev–Trinajstić information content (AvgIpc) is 2.27. The van der Waals surface area contributed by atoms with Crippen LogP contribution in [0, 0.1) is 0 Å². The average molecular weight is 261 g/mol. The predicted octanol–water partition coefficient (Wildman–Crippen LogP) is 0.761. The van der Waals surface area contributed by atoms with Crippen LogP contribution in [0.25, 0.3) is 0 Å². The zero-order valence-electron chi connectivity index (χ0n) is 7.52. The number of anilines is 1. The molecule has 0 aliphatic rings. The van der Waals surface area contributed by atoms with Gasteiger partial charge < -0.3 is 15.6 Å². The lowest BCUT2D eigenvalue weighted by molar-refractivity contribution is 0.0343. The normalized spacial score (nSPS) is 14.9. The summed E-state index contributed by atoms with van der Waals surface area (Å²) in [7, 11) is 0. The van der Waals surface area contributed by atoms with Crippen LogP contribution in [0.15, 0.2) is 24.3 Å². The van der Waals surface area contributed by atoms with Gasteiger partial charge in [-0.05, 0) is 17.7 Å². The van der Waals surface area contributed by atoms with Crippen LogP contribution in [0.1, 0.15) is 11.7 Å². The van der Waals surface area contributed by atoms with Gasteiger partial charge in [0, 0.05) is 11.0 Å². The smallest absolute Gasteiger partial charge is 0.106 e. The van der Waals surface area contributed by atoms with Gasteiger partial charge in [0.1, 0.15) is 6.10 Å². The number of aliphatic hydroxyl groups is 2. The Labute approximate surface area is 90.8 Å². The highest BCUT2D eigenvalue weighted by Gasteiger charge is 2.16. The lowest BCUT2D eigenvalue weighted by atomic mass is 10.1. The van der Waals surface area contributed by atoms with E-state index in [4.69, 9.17) is 5.84 Å². The van der Waals surface area contributed by atoms with E-state index in [0.717, 1.165) is 5.69 Å². The van der Waals surface area contributed by atoms with Crippen LogP contribution in [0.3, 0.4) is 0 Å². The maximum absolute atomic E-state index is 9.62. The first-order valence-electron chi connectivity index (χ1n) is 4.17. The van der Waals surface area contributed by atoms with E-state index in [1.54, 1.807) is 24.3 Å². The SMILES string of the molecule is NNc1ccc(C(O)C(O)CBr)cc1. The number of aliphatic hydroxyl groups excluding tert-OH is 2. The van der Waals surface area contributed by atoms with E-state index in [1.807, 2.05) is 0 Å². The molecule has 0 aliphatic carbocycles. The number of nitrogens with two attached hydrogens (primary N) is 1. The Morgan fingerprint density at radius 1 is 1.29 bits per heavy atom. The molecule has 0 saturated carbocycles. The van der Waals surface area contributed by atoms with Gasteiger partial charge in [-0.1, -0.05) is 28.1 Å². The van der Waals surface area contributed by atoms with Crippen molar-refractivity contribution in [2.24, 2.45) is 5.84 Å². The summed E-state index contributed by atoms with van der Waals surface area (Å²) in [6.07, 6.45) is -1.67. The molecule has 0 saturated heterocycles. The van der Waals surface area contributed by atoms with Gasteiger partial charge in [-0.15, -0.1) is 0 Å². The quantitative estimate of drug-likeness (QED) is 0.366. The fourth-order valence-electron chi connectivity index (χ4n) is 1.08. The highest BCUT2D eigenvalue weighted by Crippen LogP contribution is 2.19. The molecule has 0 aliphatic heterocycles. The summed E-state index contributed by atoms with van der Waals surface area (Å²) >= 11 is 3.10. The van der Waals surface area contributed by atoms with Gasteiger partial charge in [-0.3, -0.25) is 5.84 Å². The molecule has 0 fully saturated rings. The van der Waals surface area contributed by atoms with Crippen LogP contribution < -0.4 is 11.3 Å². The second kappa shape index (κ2) is 5.31. The third kappa shape index (κ3) is 2.68. The molecule has 0 spiro atoms. The second-order valence-corrected chi connectivity index (χ2v) is 3.58. The fourth-order valence-corrected chi connectivity index (χ4v) is 1.44. The van der Waals surface area contributed by atoms with E-state index in [2.05, 4.69) is 21.4 Å². The van der Waals surface area contributed by atoms with Gasteiger partial charge in [0.05, 0.1) is 6.10 Å². The first-order chi connectivity index (χ1) is 6.69. The van der Waals surface area contributed by atoms with Crippen molar-refractivity contribution in [1.82, 2.24) is 0 Å². The third-order valence-corrected chi connectivity index (χ3v) is 2.60. The first kappa shape index (κ1) is 11.5. The van der Waals surface area contributed by atoms with Gasteiger partial charge >= 0.3 is 0 Å². The van der Waals surface area contributed by atoms with Gasteiger partial charge in [0.25, 0.3) is 0 Å². The number of hydrazine groups is 1. The first-order valence-corrected chi connectivity index (χ1v) is 5.30. The summed E-state index contributed by atoms with van der Waals surface area (Å²) in [6, 6.07) is 6.90. The van der Waals surface area contributed by atoms with Crippen LogP contribution in [0.5, 0.6) is 0 Å². The van der Waals surface area contributed by atoms with E-state index in [0.29, 0.717) is 10.9 Å².